The molecule has 0 aliphatic rings. The Hall–Kier alpha value is -0.837. The first-order valence-corrected chi connectivity index (χ1v) is 6.91. The Kier molecular flexibility index (Phi) is 17.3. The van der Waals surface area contributed by atoms with Crippen molar-refractivity contribution < 1.29 is 90.3 Å². The number of hydrogen-bond acceptors (Lipinski definition) is 14. The summed E-state index contributed by atoms with van der Waals surface area (Å²) in [5.74, 6) is -3.95. The van der Waals surface area contributed by atoms with Crippen LogP contribution in [-0.4, -0.2) is 125 Å². The van der Waals surface area contributed by atoms with Crippen LogP contribution in [0.1, 0.15) is 0 Å². The first-order valence-electron chi connectivity index (χ1n) is 6.91. The van der Waals surface area contributed by atoms with E-state index in [0.717, 1.165) is 0 Å². The fourth-order valence-electron chi connectivity index (χ4n) is 1.32. The number of hydrogen-bond donors (Lipinski definition) is 10. The van der Waals surface area contributed by atoms with Crippen molar-refractivity contribution in [3.8, 4) is 0 Å². The van der Waals surface area contributed by atoms with E-state index < -0.39 is 74.0 Å². The molecule has 0 radical (unpaired) electrons. The molecular weight excluding hydrogens is 434 g/mol. The van der Waals surface area contributed by atoms with Crippen LogP contribution < -0.4 is 10.2 Å². The third-order valence-electron chi connectivity index (χ3n) is 2.99. The fourth-order valence-corrected chi connectivity index (χ4v) is 1.32. The number of aliphatic hydroxyl groups is 10. The SMILES string of the molecule is O=C([O-])[C@H](O)[C@@H](O)[C@H](O)[C@H](O)CO.O=C([O-])[C@H](O)[C@H](O)[C@H](O)[C@H](O)CO.[Zn+2]. The molecule has 0 amide bonds. The first-order chi connectivity index (χ1) is 11.8. The van der Waals surface area contributed by atoms with Gasteiger partial charge in [-0.2, -0.15) is 0 Å². The smallest absolute Gasteiger partial charge is 0.547 e. The summed E-state index contributed by atoms with van der Waals surface area (Å²) in [6, 6.07) is 0. The minimum absolute atomic E-state index is 0. The first kappa shape index (κ1) is 30.9. The van der Waals surface area contributed by atoms with Gasteiger partial charge in [-0.1, -0.05) is 0 Å². The molecule has 0 fully saturated rings. The number of carboxylic acids is 2. The van der Waals surface area contributed by atoms with Crippen LogP contribution in [0.25, 0.3) is 0 Å². The topological polar surface area (TPSA) is 283 Å². The van der Waals surface area contributed by atoms with E-state index in [1.807, 2.05) is 0 Å². The van der Waals surface area contributed by atoms with Crippen LogP contribution in [0.5, 0.6) is 0 Å². The largest absolute Gasteiger partial charge is 2.00 e. The summed E-state index contributed by atoms with van der Waals surface area (Å²) in [6.07, 6.45) is -16.2. The molecule has 8 atom stereocenters. The molecule has 0 saturated heterocycles. The monoisotopic (exact) mass is 454 g/mol. The van der Waals surface area contributed by atoms with E-state index in [4.69, 9.17) is 51.1 Å². The molecule has 10 N–H and O–H groups in total. The second kappa shape index (κ2) is 15.1. The predicted molar refractivity (Wildman–Crippen MR) is 72.2 cm³/mol. The van der Waals surface area contributed by atoms with Crippen LogP contribution in [0.3, 0.4) is 0 Å². The summed E-state index contributed by atoms with van der Waals surface area (Å²) in [4.78, 5) is 20.0. The maximum atomic E-state index is 9.98. The van der Waals surface area contributed by atoms with E-state index in [1.165, 1.54) is 0 Å². The van der Waals surface area contributed by atoms with E-state index in [9.17, 15) is 19.8 Å². The van der Waals surface area contributed by atoms with E-state index in [2.05, 4.69) is 0 Å². The van der Waals surface area contributed by atoms with Crippen LogP contribution in [-0.2, 0) is 29.1 Å². The molecule has 27 heavy (non-hydrogen) atoms. The minimum Gasteiger partial charge on any atom is -0.547 e. The summed E-state index contributed by atoms with van der Waals surface area (Å²) < 4.78 is 0. The molecule has 0 aliphatic carbocycles. The standard InChI is InChI=1S/2C6H12O7.Zn/c2*7-1-2(8)3(9)4(10)5(11)6(12)13;/h2*2-5,7-11H,1H2,(H,12,13);/q;;+2/p-2/t2-,3-,4+,5-;2-,3-,4-,5-;/m11./s1. The summed E-state index contributed by atoms with van der Waals surface area (Å²) in [7, 11) is 0. The van der Waals surface area contributed by atoms with Gasteiger partial charge in [0.25, 0.3) is 0 Å². The zero-order valence-corrected chi connectivity index (χ0v) is 16.8. The van der Waals surface area contributed by atoms with Gasteiger partial charge < -0.3 is 70.9 Å². The van der Waals surface area contributed by atoms with Gasteiger partial charge in [0.05, 0.1) is 25.2 Å². The van der Waals surface area contributed by atoms with Gasteiger partial charge in [0.15, 0.2) is 0 Å². The maximum absolute atomic E-state index is 9.98. The fraction of sp³-hybridized carbons (Fsp3) is 0.833. The molecule has 0 aromatic heterocycles. The zero-order valence-electron chi connectivity index (χ0n) is 13.8. The van der Waals surface area contributed by atoms with Crippen LogP contribution >= 0.6 is 0 Å². The molecule has 0 bridgehead atoms. The quantitative estimate of drug-likeness (QED) is 0.137. The molecular formula is C12H22O14Zn. The second-order valence-corrected chi connectivity index (χ2v) is 4.99. The Morgan fingerprint density at radius 1 is 0.593 bits per heavy atom. The Morgan fingerprint density at radius 3 is 0.963 bits per heavy atom. The molecule has 0 saturated carbocycles. The van der Waals surface area contributed by atoms with Crippen molar-refractivity contribution in [1.29, 1.82) is 0 Å². The normalized spacial score (nSPS) is 19.6. The molecule has 156 valence electrons. The van der Waals surface area contributed by atoms with Crippen molar-refractivity contribution in [3.63, 3.8) is 0 Å². The number of aliphatic carboxylic acids is 2. The molecule has 0 spiro atoms. The van der Waals surface area contributed by atoms with Crippen molar-refractivity contribution >= 4 is 11.9 Å². The Labute approximate surface area is 164 Å². The second-order valence-electron chi connectivity index (χ2n) is 4.99. The minimum atomic E-state index is -2.31. The third kappa shape index (κ3) is 10.9. The average Bonchev–Trinajstić information content (AvgIpc) is 2.62. The number of rotatable bonds is 10. The molecule has 0 aliphatic heterocycles. The van der Waals surface area contributed by atoms with Crippen molar-refractivity contribution in [3.05, 3.63) is 0 Å². The predicted octanol–water partition coefficient (Wildman–Crippen LogP) is -9.66. The average molecular weight is 456 g/mol. The Bertz CT molecular complexity index is 385. The van der Waals surface area contributed by atoms with E-state index >= 15 is 0 Å². The van der Waals surface area contributed by atoms with Gasteiger partial charge in [0.1, 0.15) is 48.8 Å². The van der Waals surface area contributed by atoms with Crippen LogP contribution in [0.4, 0.5) is 0 Å². The van der Waals surface area contributed by atoms with Crippen molar-refractivity contribution in [2.45, 2.75) is 48.8 Å². The van der Waals surface area contributed by atoms with Gasteiger partial charge in [0, 0.05) is 0 Å². The van der Waals surface area contributed by atoms with E-state index in [1.54, 1.807) is 0 Å². The molecule has 14 nitrogen and oxygen atoms in total. The van der Waals surface area contributed by atoms with Crippen molar-refractivity contribution in [2.75, 3.05) is 13.2 Å². The number of aliphatic hydroxyl groups excluding tert-OH is 10. The van der Waals surface area contributed by atoms with Crippen LogP contribution in [0.2, 0.25) is 0 Å². The molecule has 0 heterocycles. The van der Waals surface area contributed by atoms with Crippen molar-refractivity contribution in [2.24, 2.45) is 0 Å². The Morgan fingerprint density at radius 2 is 0.815 bits per heavy atom. The number of carbonyl (C=O) groups is 2. The Balaban J connectivity index is -0.000000411. The van der Waals surface area contributed by atoms with Gasteiger partial charge >= 0.3 is 19.5 Å². The third-order valence-corrected chi connectivity index (χ3v) is 2.99. The van der Waals surface area contributed by atoms with Gasteiger partial charge in [-0.3, -0.25) is 0 Å². The molecule has 0 rings (SSSR count). The number of carboxylic acid groups (broad SMARTS) is 2. The van der Waals surface area contributed by atoms with Gasteiger partial charge in [0.2, 0.25) is 0 Å². The van der Waals surface area contributed by atoms with Crippen LogP contribution in [0.15, 0.2) is 0 Å². The number of carbonyl (C=O) groups excluding carboxylic acids is 2. The van der Waals surface area contributed by atoms with Crippen LogP contribution in [0, 0.1) is 0 Å². The van der Waals surface area contributed by atoms with Gasteiger partial charge in [-0.25, -0.2) is 0 Å². The van der Waals surface area contributed by atoms with Gasteiger partial charge in [-0.15, -0.1) is 0 Å². The van der Waals surface area contributed by atoms with E-state index in [0.29, 0.717) is 0 Å². The molecule has 0 unspecified atom stereocenters. The zero-order chi connectivity index (χ0) is 21.2. The summed E-state index contributed by atoms with van der Waals surface area (Å²) >= 11 is 0. The molecule has 0 aromatic rings. The summed E-state index contributed by atoms with van der Waals surface area (Å²) in [5.41, 5.74) is 0. The van der Waals surface area contributed by atoms with Gasteiger partial charge in [-0.05, 0) is 0 Å². The molecule has 0 aromatic carbocycles. The van der Waals surface area contributed by atoms with E-state index in [-0.39, 0.29) is 19.5 Å². The molecule has 15 heteroatoms. The summed E-state index contributed by atoms with van der Waals surface area (Å²) in [6.45, 7) is -1.73. The maximum Gasteiger partial charge on any atom is 2.00 e. The summed E-state index contributed by atoms with van der Waals surface area (Å²) in [5, 5.41) is 107. The van der Waals surface area contributed by atoms with Crippen molar-refractivity contribution in [1.82, 2.24) is 0 Å².